The Labute approximate surface area is 573 Å². The van der Waals surface area contributed by atoms with Crippen LogP contribution in [0.4, 0.5) is 4.79 Å². The number of nitrogens with two attached hydrogens (primary N) is 3. The molecule has 0 spiro atoms. The van der Waals surface area contributed by atoms with Crippen LogP contribution in [0.1, 0.15) is 61.5 Å². The molecule has 0 bridgehead atoms. The van der Waals surface area contributed by atoms with Crippen LogP contribution in [-0.4, -0.2) is 199 Å². The van der Waals surface area contributed by atoms with Gasteiger partial charge in [-0.3, -0.25) is 32.4 Å². The van der Waals surface area contributed by atoms with Crippen molar-refractivity contribution < 1.29 is 32.4 Å². The van der Waals surface area contributed by atoms with Crippen molar-refractivity contribution in [2.45, 2.75) is 33.0 Å². The van der Waals surface area contributed by atoms with Crippen molar-refractivity contribution in [2.75, 3.05) is 98.9 Å². The molecule has 0 unspecified atom stereocenters. The Kier molecular flexibility index (Phi) is 21.8. The summed E-state index contributed by atoms with van der Waals surface area (Å²) in [6, 6.07) is 21.3. The number of sulfonamides is 1. The number of nitrogens with zero attached hydrogens (tertiary/aromatic N) is 13. The summed E-state index contributed by atoms with van der Waals surface area (Å²) in [4.78, 5) is 87.2. The van der Waals surface area contributed by atoms with E-state index in [1.807, 2.05) is 55.7 Å². The first kappa shape index (κ1) is 69.2. The van der Waals surface area contributed by atoms with Crippen LogP contribution in [0.2, 0.25) is 30.1 Å². The number of hydrogen-bond acceptors (Lipinski definition) is 13. The summed E-state index contributed by atoms with van der Waals surface area (Å²) >= 11 is 37.4. The van der Waals surface area contributed by atoms with E-state index in [1.165, 1.54) is 16.8 Å². The molecule has 494 valence electrons. The SMILES string of the molecule is CCC(=O)N1CCN(C(=O)c2cnc3cc(CN)c(-c4ccc(Cl)cc4Cl)cn23)CC1.CN(C)C(=O)N1CCN(C(=O)c2cnc3cc(CN)c(-c4ccc(Cl)cc4Cl)cn23)CC1.CS(=O)(=O)N1CCN(C(=O)c2cnc3cc(CN)c(-c4ccc(Cl)cc4Cl)cn23)CC1. The van der Waals surface area contributed by atoms with E-state index in [-0.39, 0.29) is 49.3 Å². The van der Waals surface area contributed by atoms with Crippen LogP contribution >= 0.6 is 69.6 Å². The molecular weight excluding hydrogens is 1350 g/mol. The van der Waals surface area contributed by atoms with Crippen LogP contribution in [-0.2, 0) is 34.5 Å². The smallest absolute Gasteiger partial charge is 0.319 e. The van der Waals surface area contributed by atoms with E-state index in [1.54, 1.807) is 112 Å². The van der Waals surface area contributed by atoms with E-state index in [2.05, 4.69) is 15.0 Å². The summed E-state index contributed by atoms with van der Waals surface area (Å²) in [5.74, 6) is -0.358. The molecule has 12 rings (SSSR count). The van der Waals surface area contributed by atoms with Gasteiger partial charge in [0.05, 0.1) is 24.8 Å². The number of amides is 6. The maximum absolute atomic E-state index is 13.3. The lowest BCUT2D eigenvalue weighted by molar-refractivity contribution is -0.132. The van der Waals surface area contributed by atoms with E-state index in [0.717, 1.165) is 50.1 Å². The van der Waals surface area contributed by atoms with Gasteiger partial charge in [-0.1, -0.05) is 94.7 Å². The number of imidazole rings is 3. The summed E-state index contributed by atoms with van der Waals surface area (Å²) < 4.78 is 30.1. The first-order chi connectivity index (χ1) is 44.9. The largest absolute Gasteiger partial charge is 0.339 e. The highest BCUT2D eigenvalue weighted by atomic mass is 35.5. The lowest BCUT2D eigenvalue weighted by atomic mass is 10.0. The molecule has 3 saturated heterocycles. The molecule has 0 aliphatic carbocycles. The molecule has 3 aliphatic rings. The van der Waals surface area contributed by atoms with Crippen molar-refractivity contribution in [1.82, 2.24) is 61.9 Å². The quantitative estimate of drug-likeness (QED) is 0.109. The summed E-state index contributed by atoms with van der Waals surface area (Å²) in [6.07, 6.45) is 11.8. The number of halogens is 6. The van der Waals surface area contributed by atoms with Crippen molar-refractivity contribution in [3.63, 3.8) is 0 Å². The summed E-state index contributed by atoms with van der Waals surface area (Å²) in [6.45, 7) is 7.85. The minimum absolute atomic E-state index is 0.0503. The third kappa shape index (κ3) is 14.9. The average molecular weight is 1420 g/mol. The minimum Gasteiger partial charge on any atom is -0.339 e. The highest BCUT2D eigenvalue weighted by molar-refractivity contribution is 7.88. The van der Waals surface area contributed by atoms with E-state index >= 15 is 0 Å². The van der Waals surface area contributed by atoms with Gasteiger partial charge in [-0.05, 0) is 71.3 Å². The van der Waals surface area contributed by atoms with Gasteiger partial charge in [-0.25, -0.2) is 28.2 Å². The van der Waals surface area contributed by atoms with Crippen LogP contribution < -0.4 is 17.2 Å². The van der Waals surface area contributed by atoms with Crippen molar-refractivity contribution >= 4 is 126 Å². The number of rotatable bonds is 11. The molecule has 0 saturated carbocycles. The first-order valence-corrected chi connectivity index (χ1v) is 34.1. The molecule has 9 heterocycles. The zero-order valence-electron chi connectivity index (χ0n) is 51.8. The van der Waals surface area contributed by atoms with Gasteiger partial charge in [-0.15, -0.1) is 0 Å². The highest BCUT2D eigenvalue weighted by Gasteiger charge is 2.31. The van der Waals surface area contributed by atoms with Gasteiger partial charge in [0, 0.05) is 201 Å². The van der Waals surface area contributed by atoms with E-state index in [4.69, 9.17) is 86.8 Å². The maximum atomic E-state index is 13.3. The van der Waals surface area contributed by atoms with E-state index in [0.29, 0.717) is 149 Å². The molecule has 30 heteroatoms. The van der Waals surface area contributed by atoms with Gasteiger partial charge >= 0.3 is 6.03 Å². The second-order valence-electron chi connectivity index (χ2n) is 22.7. The fraction of sp³-hybridized carbons (Fsp3) is 0.312. The Hall–Kier alpha value is -7.59. The molecule has 9 aromatic rings. The van der Waals surface area contributed by atoms with Crippen LogP contribution in [0.5, 0.6) is 0 Å². The van der Waals surface area contributed by atoms with Crippen molar-refractivity contribution in [2.24, 2.45) is 17.2 Å². The number of aromatic nitrogens is 6. The molecule has 3 aromatic carbocycles. The monoisotopic (exact) mass is 1410 g/mol. The molecule has 0 atom stereocenters. The number of fused-ring (bicyclic) bond motifs is 3. The predicted octanol–water partition coefficient (Wildman–Crippen LogP) is 9.15. The average Bonchev–Trinajstić information content (AvgIpc) is 1.55. The summed E-state index contributed by atoms with van der Waals surface area (Å²) in [5.41, 5.74) is 28.4. The standard InChI is InChI=1S/C22H24Cl2N6O2.C22H23Cl2N5O2.C20H21Cl2N5O3S/c1-27(2)22(32)29-7-5-28(6-8-29)21(31)19-12-26-20-9-14(11-25)17(13-30(19)20)16-4-3-15(23)10-18(16)24;1-2-21(30)27-5-7-28(8-6-27)22(31)19-12-26-20-9-14(11-25)17(13-29(19)20)16-4-3-15(23)10-18(16)24;1-31(29,30)26-6-4-25(5-7-26)20(28)18-11-24-19-8-13(10-23)16(12-27(18)19)15-3-2-14(21)9-17(15)22/h3-4,9-10,12-13H,5-8,11,25H2,1-2H3;3-4,9-10,12-13H,2,5-8,11,25H2,1H3;2-3,8-9,11-12H,4-7,10,23H2,1H3. The van der Waals surface area contributed by atoms with E-state index < -0.39 is 10.0 Å². The minimum atomic E-state index is -3.27. The number of benzene rings is 3. The third-order valence-electron chi connectivity index (χ3n) is 16.6. The van der Waals surface area contributed by atoms with Crippen molar-refractivity contribution in [3.05, 3.63) is 174 Å². The lowest BCUT2D eigenvalue weighted by Crippen LogP contribution is -2.53. The van der Waals surface area contributed by atoms with Gasteiger partial charge in [0.2, 0.25) is 15.9 Å². The Morgan fingerprint density at radius 3 is 1.02 bits per heavy atom. The molecule has 6 N–H and O–H groups in total. The van der Waals surface area contributed by atoms with Crippen LogP contribution in [0.3, 0.4) is 0 Å². The fourth-order valence-electron chi connectivity index (χ4n) is 11.5. The van der Waals surface area contributed by atoms with Crippen LogP contribution in [0, 0.1) is 0 Å². The molecule has 0 radical (unpaired) electrons. The zero-order valence-corrected chi connectivity index (χ0v) is 57.1. The number of hydrogen-bond donors (Lipinski definition) is 3. The molecule has 6 aromatic heterocycles. The molecule has 6 amide bonds. The first-order valence-electron chi connectivity index (χ1n) is 29.9. The Bertz CT molecular complexity index is 4500. The lowest BCUT2D eigenvalue weighted by Gasteiger charge is -2.35. The van der Waals surface area contributed by atoms with Gasteiger partial charge < -0.3 is 46.6 Å². The van der Waals surface area contributed by atoms with Gasteiger partial charge in [0.15, 0.2) is 0 Å². The van der Waals surface area contributed by atoms with Gasteiger partial charge in [0.25, 0.3) is 17.7 Å². The summed E-state index contributed by atoms with van der Waals surface area (Å²) in [5, 5.41) is 3.10. The highest BCUT2D eigenvalue weighted by Crippen LogP contribution is 2.37. The Balaban J connectivity index is 0.000000154. The summed E-state index contributed by atoms with van der Waals surface area (Å²) in [7, 11) is 0.171. The zero-order chi connectivity index (χ0) is 67.4. The van der Waals surface area contributed by atoms with Crippen molar-refractivity contribution in [3.8, 4) is 33.4 Å². The molecule has 94 heavy (non-hydrogen) atoms. The maximum Gasteiger partial charge on any atom is 0.319 e. The number of piperazine rings is 3. The molecular formula is C64H68Cl6N16O7S. The molecule has 3 aliphatic heterocycles. The Morgan fingerprint density at radius 1 is 0.447 bits per heavy atom. The van der Waals surface area contributed by atoms with Gasteiger partial charge in [0.1, 0.15) is 34.0 Å². The molecule has 23 nitrogen and oxygen atoms in total. The second kappa shape index (κ2) is 29.6. The van der Waals surface area contributed by atoms with Crippen LogP contribution in [0.15, 0.2) is 110 Å². The number of carbonyl (C=O) groups excluding carboxylic acids is 5. The number of urea groups is 1. The normalized spacial score (nSPS) is 14.7. The third-order valence-corrected chi connectivity index (χ3v) is 19.6. The van der Waals surface area contributed by atoms with Crippen LogP contribution in [0.25, 0.3) is 50.3 Å². The second-order valence-corrected chi connectivity index (χ2v) is 27.2. The molecule has 3 fully saturated rings. The predicted molar refractivity (Wildman–Crippen MR) is 367 cm³/mol. The fourth-order valence-corrected chi connectivity index (χ4v) is 13.9. The van der Waals surface area contributed by atoms with E-state index in [9.17, 15) is 32.4 Å². The Morgan fingerprint density at radius 2 is 0.745 bits per heavy atom. The topological polar surface area (TPSA) is 272 Å². The number of carbonyl (C=O) groups is 5. The van der Waals surface area contributed by atoms with Crippen molar-refractivity contribution in [1.29, 1.82) is 0 Å². The van der Waals surface area contributed by atoms with Gasteiger partial charge in [-0.2, -0.15) is 4.31 Å². The number of pyridine rings is 3.